The third-order valence-corrected chi connectivity index (χ3v) is 4.30. The van der Waals surface area contributed by atoms with Crippen LogP contribution >= 0.6 is 11.6 Å². The molecular weight excluding hydrogens is 395 g/mol. The first-order chi connectivity index (χ1) is 13.3. The molecule has 2 aromatic carbocycles. The Balaban J connectivity index is 2.18. The molecule has 4 nitrogen and oxygen atoms in total. The summed E-state index contributed by atoms with van der Waals surface area (Å²) in [5, 5.41) is 2.03. The summed E-state index contributed by atoms with van der Waals surface area (Å²) in [7, 11) is 1.51. The fourth-order valence-corrected chi connectivity index (χ4v) is 2.71. The summed E-state index contributed by atoms with van der Waals surface area (Å²) in [6.45, 7) is 2.90. The number of rotatable bonds is 8. The second-order valence-corrected chi connectivity index (χ2v) is 6.49. The quantitative estimate of drug-likeness (QED) is 0.543. The highest BCUT2D eigenvalue weighted by Gasteiger charge is 2.33. The third-order valence-electron chi connectivity index (χ3n) is 3.97. The number of methoxy groups -OCH3 is 1. The van der Waals surface area contributed by atoms with Crippen molar-refractivity contribution in [3.63, 3.8) is 0 Å². The van der Waals surface area contributed by atoms with Crippen molar-refractivity contribution in [3.05, 3.63) is 58.1 Å². The minimum atomic E-state index is -4.61. The lowest BCUT2D eigenvalue weighted by Gasteiger charge is -2.13. The molecular formula is C20H21ClF3NO3. The number of nitrogens with one attached hydrogen (secondary N) is 1. The fraction of sp³-hybridized carbons (Fsp3) is 0.350. The molecule has 0 bridgehead atoms. The van der Waals surface area contributed by atoms with Crippen LogP contribution in [-0.2, 0) is 17.5 Å². The van der Waals surface area contributed by atoms with Crippen LogP contribution in [0.4, 0.5) is 18.9 Å². The molecule has 0 radical (unpaired) electrons. The summed E-state index contributed by atoms with van der Waals surface area (Å²) in [6.07, 6.45) is -2.69. The predicted molar refractivity (Wildman–Crippen MR) is 102 cm³/mol. The lowest BCUT2D eigenvalue weighted by Crippen LogP contribution is -2.14. The Hall–Kier alpha value is -2.25. The summed E-state index contributed by atoms with van der Waals surface area (Å²) in [6, 6.07) is 7.97. The van der Waals surface area contributed by atoms with Crippen LogP contribution in [0.15, 0.2) is 36.4 Å². The second kappa shape index (κ2) is 9.80. The van der Waals surface area contributed by atoms with E-state index in [-0.39, 0.29) is 17.9 Å². The van der Waals surface area contributed by atoms with Crippen LogP contribution in [0.25, 0.3) is 0 Å². The minimum Gasteiger partial charge on any atom is -0.496 e. The number of benzene rings is 2. The summed E-state index contributed by atoms with van der Waals surface area (Å²) >= 11 is 5.60. The van der Waals surface area contributed by atoms with Crippen molar-refractivity contribution in [2.75, 3.05) is 19.0 Å². The van der Waals surface area contributed by atoms with Gasteiger partial charge in [0.15, 0.2) is 0 Å². The van der Waals surface area contributed by atoms with E-state index in [9.17, 15) is 18.0 Å². The van der Waals surface area contributed by atoms with Crippen LogP contribution < -0.4 is 10.1 Å². The molecule has 0 saturated heterocycles. The maximum Gasteiger partial charge on any atom is 0.417 e. The molecule has 0 aromatic heterocycles. The van der Waals surface area contributed by atoms with E-state index in [1.54, 1.807) is 12.1 Å². The largest absolute Gasteiger partial charge is 0.496 e. The first-order valence-electron chi connectivity index (χ1n) is 8.69. The van der Waals surface area contributed by atoms with Crippen LogP contribution in [-0.4, -0.2) is 19.6 Å². The molecule has 2 aromatic rings. The molecule has 1 N–H and O–H groups in total. The van der Waals surface area contributed by atoms with Crippen molar-refractivity contribution in [3.8, 4) is 5.75 Å². The van der Waals surface area contributed by atoms with E-state index >= 15 is 0 Å². The van der Waals surface area contributed by atoms with Gasteiger partial charge in [-0.1, -0.05) is 24.9 Å². The van der Waals surface area contributed by atoms with Crippen molar-refractivity contribution < 1.29 is 27.4 Å². The Morgan fingerprint density at radius 2 is 1.93 bits per heavy atom. The van der Waals surface area contributed by atoms with Crippen LogP contribution in [0.2, 0.25) is 5.02 Å². The monoisotopic (exact) mass is 415 g/mol. The molecule has 0 unspecified atom stereocenters. The van der Waals surface area contributed by atoms with Crippen LogP contribution in [0.5, 0.6) is 5.75 Å². The van der Waals surface area contributed by atoms with Gasteiger partial charge in [0.05, 0.1) is 24.3 Å². The first kappa shape index (κ1) is 22.0. The van der Waals surface area contributed by atoms with Gasteiger partial charge in [-0.15, -0.1) is 0 Å². The molecule has 0 aliphatic rings. The number of unbranched alkanes of at least 4 members (excludes halogenated alkanes) is 1. The van der Waals surface area contributed by atoms with Crippen molar-refractivity contribution in [2.24, 2.45) is 0 Å². The maximum absolute atomic E-state index is 13.0. The highest BCUT2D eigenvalue weighted by Crippen LogP contribution is 2.36. The summed E-state index contributed by atoms with van der Waals surface area (Å²) in [5.41, 5.74) is -0.0539. The van der Waals surface area contributed by atoms with Crippen LogP contribution in [0.3, 0.4) is 0 Å². The Labute approximate surface area is 166 Å². The Morgan fingerprint density at radius 3 is 2.57 bits per heavy atom. The van der Waals surface area contributed by atoms with E-state index in [0.717, 1.165) is 25.0 Å². The lowest BCUT2D eigenvalue weighted by atomic mass is 10.1. The number of hydrogen-bond acceptors (Lipinski definition) is 3. The zero-order valence-electron chi connectivity index (χ0n) is 15.5. The number of hydrogen-bond donors (Lipinski definition) is 1. The van der Waals surface area contributed by atoms with E-state index < -0.39 is 22.7 Å². The first-order valence-corrected chi connectivity index (χ1v) is 9.06. The summed E-state index contributed by atoms with van der Waals surface area (Å²) in [5.74, 6) is 0.0202. The number of amides is 1. The van der Waals surface area contributed by atoms with Crippen molar-refractivity contribution in [1.82, 2.24) is 0 Å². The number of carbonyl (C=O) groups is 1. The molecule has 0 fully saturated rings. The number of halogens is 4. The van der Waals surface area contributed by atoms with Gasteiger partial charge in [-0.05, 0) is 42.8 Å². The highest BCUT2D eigenvalue weighted by molar-refractivity contribution is 6.31. The Kier molecular flexibility index (Phi) is 7.71. The van der Waals surface area contributed by atoms with Gasteiger partial charge in [-0.25, -0.2) is 0 Å². The molecule has 1 amide bonds. The van der Waals surface area contributed by atoms with E-state index in [0.29, 0.717) is 17.9 Å². The SMILES string of the molecule is CCCCOCc1cc(C(=O)Nc2ccc(Cl)c(C(F)(F)F)c2)ccc1OC. The van der Waals surface area contributed by atoms with Gasteiger partial charge in [-0.3, -0.25) is 4.79 Å². The van der Waals surface area contributed by atoms with Gasteiger partial charge in [-0.2, -0.15) is 13.2 Å². The van der Waals surface area contributed by atoms with E-state index in [4.69, 9.17) is 21.1 Å². The van der Waals surface area contributed by atoms with Crippen molar-refractivity contribution in [2.45, 2.75) is 32.5 Å². The van der Waals surface area contributed by atoms with Gasteiger partial charge in [0.2, 0.25) is 0 Å². The molecule has 2 rings (SSSR count). The summed E-state index contributed by atoms with van der Waals surface area (Å²) < 4.78 is 49.8. The number of alkyl halides is 3. The average Bonchev–Trinajstić information content (AvgIpc) is 2.65. The molecule has 0 atom stereocenters. The van der Waals surface area contributed by atoms with Gasteiger partial charge in [0, 0.05) is 23.4 Å². The third kappa shape index (κ3) is 5.87. The van der Waals surface area contributed by atoms with Gasteiger partial charge in [0.1, 0.15) is 5.75 Å². The molecule has 152 valence electrons. The van der Waals surface area contributed by atoms with Crippen molar-refractivity contribution >= 4 is 23.2 Å². The smallest absolute Gasteiger partial charge is 0.417 e. The molecule has 0 heterocycles. The minimum absolute atomic E-state index is 0.00158. The molecule has 28 heavy (non-hydrogen) atoms. The van der Waals surface area contributed by atoms with Gasteiger partial charge in [0.25, 0.3) is 5.91 Å². The maximum atomic E-state index is 13.0. The summed E-state index contributed by atoms with van der Waals surface area (Å²) in [4.78, 5) is 12.5. The molecule has 0 saturated carbocycles. The standard InChI is InChI=1S/C20H21ClF3NO3/c1-3-4-9-28-12-14-10-13(5-8-18(14)27-2)19(26)25-15-6-7-17(21)16(11-15)20(22,23)24/h5-8,10-11H,3-4,9,12H2,1-2H3,(H,25,26). The topological polar surface area (TPSA) is 47.6 Å². The highest BCUT2D eigenvalue weighted by atomic mass is 35.5. The van der Waals surface area contributed by atoms with Gasteiger partial charge < -0.3 is 14.8 Å². The molecule has 0 aliphatic heterocycles. The zero-order chi connectivity index (χ0) is 20.7. The predicted octanol–water partition coefficient (Wildman–Crippen LogP) is 5.94. The second-order valence-electron chi connectivity index (χ2n) is 6.08. The molecule has 0 aliphatic carbocycles. The molecule has 0 spiro atoms. The number of carbonyl (C=O) groups excluding carboxylic acids is 1. The van der Waals surface area contributed by atoms with Crippen LogP contribution in [0, 0.1) is 0 Å². The fourth-order valence-electron chi connectivity index (χ4n) is 2.48. The number of ether oxygens (including phenoxy) is 2. The average molecular weight is 416 g/mol. The van der Waals surface area contributed by atoms with E-state index in [2.05, 4.69) is 12.2 Å². The molecule has 8 heteroatoms. The normalized spacial score (nSPS) is 11.4. The lowest BCUT2D eigenvalue weighted by molar-refractivity contribution is -0.137. The van der Waals surface area contributed by atoms with Crippen LogP contribution in [0.1, 0.15) is 41.3 Å². The number of anilines is 1. The van der Waals surface area contributed by atoms with Gasteiger partial charge >= 0.3 is 6.18 Å². The zero-order valence-corrected chi connectivity index (χ0v) is 16.3. The van der Waals surface area contributed by atoms with E-state index in [1.165, 1.54) is 19.2 Å². The Bertz CT molecular complexity index is 825. The Morgan fingerprint density at radius 1 is 1.18 bits per heavy atom. The van der Waals surface area contributed by atoms with E-state index in [1.807, 2.05) is 0 Å². The van der Waals surface area contributed by atoms with Crippen molar-refractivity contribution in [1.29, 1.82) is 0 Å².